The lowest BCUT2D eigenvalue weighted by atomic mass is 9.93. The van der Waals surface area contributed by atoms with E-state index in [0.717, 1.165) is 67.5 Å². The van der Waals surface area contributed by atoms with Crippen molar-refractivity contribution < 1.29 is 14.1 Å². The van der Waals surface area contributed by atoms with Crippen molar-refractivity contribution in [3.05, 3.63) is 57.0 Å². The average Bonchev–Trinajstić information content (AvgIpc) is 3.35. The molecule has 29 heavy (non-hydrogen) atoms. The van der Waals surface area contributed by atoms with Gasteiger partial charge in [0.2, 0.25) is 0 Å². The van der Waals surface area contributed by atoms with Crippen LogP contribution >= 0.6 is 0 Å². The number of hydrogen-bond donors (Lipinski definition) is 2. The zero-order chi connectivity index (χ0) is 20.4. The molecule has 1 fully saturated rings. The first-order chi connectivity index (χ1) is 14.0. The van der Waals surface area contributed by atoms with E-state index in [-0.39, 0.29) is 17.6 Å². The highest BCUT2D eigenvalue weighted by Gasteiger charge is 2.29. The van der Waals surface area contributed by atoms with E-state index in [2.05, 4.69) is 15.8 Å². The number of hydrogen-bond acceptors (Lipinski definition) is 6. The van der Waals surface area contributed by atoms with Gasteiger partial charge in [-0.2, -0.15) is 5.10 Å². The summed E-state index contributed by atoms with van der Waals surface area (Å²) in [5.41, 5.74) is 6.23. The fraction of sp³-hybridized carbons (Fsp3) is 0.429. The summed E-state index contributed by atoms with van der Waals surface area (Å²) in [5, 5.41) is 18.4. The molecule has 8 heteroatoms. The number of nitro groups is 1. The van der Waals surface area contributed by atoms with Crippen molar-refractivity contribution in [2.75, 3.05) is 5.43 Å². The number of carbonyl (C=O) groups is 1. The van der Waals surface area contributed by atoms with Gasteiger partial charge in [0, 0.05) is 35.7 Å². The van der Waals surface area contributed by atoms with E-state index < -0.39 is 4.92 Å². The SMILES string of the molecule is Cc1c(C(=O)NC2CCCC2)oc2c1/C(=N/Nc1ccc([N+](=O)[O-])cc1)CCC2. The van der Waals surface area contributed by atoms with E-state index >= 15 is 0 Å². The second kappa shape index (κ2) is 8.06. The summed E-state index contributed by atoms with van der Waals surface area (Å²) in [4.78, 5) is 23.0. The Hall–Kier alpha value is -3.16. The highest BCUT2D eigenvalue weighted by Crippen LogP contribution is 2.30. The fourth-order valence-electron chi connectivity index (χ4n) is 4.11. The van der Waals surface area contributed by atoms with Gasteiger partial charge in [0.15, 0.2) is 5.76 Å². The van der Waals surface area contributed by atoms with Crippen LogP contribution < -0.4 is 10.7 Å². The van der Waals surface area contributed by atoms with Crippen LogP contribution in [0.2, 0.25) is 0 Å². The number of benzene rings is 1. The zero-order valence-corrected chi connectivity index (χ0v) is 16.4. The van der Waals surface area contributed by atoms with Gasteiger partial charge in [-0.05, 0) is 44.7 Å². The molecule has 2 N–H and O–H groups in total. The summed E-state index contributed by atoms with van der Waals surface area (Å²) >= 11 is 0. The van der Waals surface area contributed by atoms with Gasteiger partial charge in [-0.15, -0.1) is 0 Å². The van der Waals surface area contributed by atoms with Crippen LogP contribution in [0, 0.1) is 17.0 Å². The molecule has 1 heterocycles. The van der Waals surface area contributed by atoms with Crippen LogP contribution in [0.1, 0.15) is 66.0 Å². The molecule has 0 unspecified atom stereocenters. The number of aryl methyl sites for hydroxylation is 1. The Morgan fingerprint density at radius 3 is 2.59 bits per heavy atom. The maximum atomic E-state index is 12.7. The Morgan fingerprint density at radius 1 is 1.17 bits per heavy atom. The number of anilines is 1. The molecule has 0 aliphatic heterocycles. The number of amides is 1. The summed E-state index contributed by atoms with van der Waals surface area (Å²) in [6, 6.07) is 6.34. The first-order valence-corrected chi connectivity index (χ1v) is 10.0. The molecule has 1 aromatic heterocycles. The normalized spacial score (nSPS) is 17.9. The van der Waals surface area contributed by atoms with Crippen LogP contribution in [0.3, 0.4) is 0 Å². The lowest BCUT2D eigenvalue weighted by Gasteiger charge is -2.13. The van der Waals surface area contributed by atoms with Gasteiger partial charge in [0.05, 0.1) is 16.3 Å². The Bertz CT molecular complexity index is 956. The molecule has 8 nitrogen and oxygen atoms in total. The summed E-state index contributed by atoms with van der Waals surface area (Å²) < 4.78 is 5.94. The third-order valence-corrected chi connectivity index (χ3v) is 5.62. The van der Waals surface area contributed by atoms with Crippen molar-refractivity contribution in [1.29, 1.82) is 0 Å². The van der Waals surface area contributed by atoms with Crippen LogP contribution in [0.15, 0.2) is 33.8 Å². The first-order valence-electron chi connectivity index (χ1n) is 10.0. The molecule has 0 saturated heterocycles. The number of furan rings is 1. The molecule has 2 aromatic rings. The van der Waals surface area contributed by atoms with Gasteiger partial charge in [0.1, 0.15) is 5.76 Å². The molecular formula is C21H24N4O4. The van der Waals surface area contributed by atoms with E-state index in [4.69, 9.17) is 4.42 Å². The third-order valence-electron chi connectivity index (χ3n) is 5.62. The van der Waals surface area contributed by atoms with Gasteiger partial charge >= 0.3 is 0 Å². The van der Waals surface area contributed by atoms with Crippen molar-refractivity contribution in [2.24, 2.45) is 5.10 Å². The Balaban J connectivity index is 1.54. The van der Waals surface area contributed by atoms with Crippen molar-refractivity contribution in [3.63, 3.8) is 0 Å². The molecule has 1 saturated carbocycles. The van der Waals surface area contributed by atoms with E-state index in [1.54, 1.807) is 12.1 Å². The van der Waals surface area contributed by atoms with Crippen LogP contribution in [-0.2, 0) is 6.42 Å². The van der Waals surface area contributed by atoms with Crippen molar-refractivity contribution >= 4 is 23.0 Å². The van der Waals surface area contributed by atoms with Gasteiger partial charge in [-0.3, -0.25) is 20.3 Å². The van der Waals surface area contributed by atoms with Gasteiger partial charge in [0.25, 0.3) is 11.6 Å². The predicted molar refractivity (Wildman–Crippen MR) is 109 cm³/mol. The molecule has 2 aliphatic rings. The maximum absolute atomic E-state index is 12.7. The average molecular weight is 396 g/mol. The molecule has 4 rings (SSSR count). The number of nitrogens with one attached hydrogen (secondary N) is 2. The van der Waals surface area contributed by atoms with Crippen LogP contribution in [0.4, 0.5) is 11.4 Å². The second-order valence-corrected chi connectivity index (χ2v) is 7.64. The standard InChI is InChI=1S/C21H24N4O4/c1-13-19-17(24-23-15-9-11-16(12-10-15)25(27)28)7-4-8-18(19)29-20(13)21(26)22-14-5-2-3-6-14/h9-12,14,23H,2-8H2,1H3,(H,22,26)/b24-17+. The minimum atomic E-state index is -0.434. The largest absolute Gasteiger partial charge is 0.455 e. The Morgan fingerprint density at radius 2 is 1.90 bits per heavy atom. The van der Waals surface area contributed by atoms with E-state index in [1.165, 1.54) is 12.1 Å². The first kappa shape index (κ1) is 19.2. The van der Waals surface area contributed by atoms with Gasteiger partial charge in [-0.1, -0.05) is 12.8 Å². The lowest BCUT2D eigenvalue weighted by molar-refractivity contribution is -0.384. The summed E-state index contributed by atoms with van der Waals surface area (Å²) in [6.45, 7) is 1.90. The molecule has 0 bridgehead atoms. The predicted octanol–water partition coefficient (Wildman–Crippen LogP) is 4.32. The highest BCUT2D eigenvalue weighted by atomic mass is 16.6. The van der Waals surface area contributed by atoms with Gasteiger partial charge < -0.3 is 9.73 Å². The van der Waals surface area contributed by atoms with E-state index in [9.17, 15) is 14.9 Å². The van der Waals surface area contributed by atoms with Crippen LogP contribution in [-0.4, -0.2) is 22.6 Å². The quantitative estimate of drug-likeness (QED) is 0.578. The molecular weight excluding hydrogens is 372 g/mol. The number of nitro benzene ring substituents is 1. The second-order valence-electron chi connectivity index (χ2n) is 7.64. The molecule has 2 aliphatic carbocycles. The molecule has 1 aromatic carbocycles. The number of carbonyl (C=O) groups excluding carboxylic acids is 1. The molecule has 152 valence electrons. The third kappa shape index (κ3) is 4.01. The monoisotopic (exact) mass is 396 g/mol. The topological polar surface area (TPSA) is 110 Å². The van der Waals surface area contributed by atoms with Gasteiger partial charge in [-0.25, -0.2) is 0 Å². The van der Waals surface area contributed by atoms with Crippen molar-refractivity contribution in [1.82, 2.24) is 5.32 Å². The molecule has 1 amide bonds. The summed E-state index contributed by atoms with van der Waals surface area (Å²) in [7, 11) is 0. The van der Waals surface area contributed by atoms with Crippen LogP contribution in [0.5, 0.6) is 0 Å². The number of non-ortho nitro benzene ring substituents is 1. The smallest absolute Gasteiger partial charge is 0.287 e. The number of nitrogens with zero attached hydrogens (tertiary/aromatic N) is 2. The summed E-state index contributed by atoms with van der Waals surface area (Å²) in [5.74, 6) is 1.04. The highest BCUT2D eigenvalue weighted by molar-refractivity contribution is 6.06. The summed E-state index contributed by atoms with van der Waals surface area (Å²) in [6.07, 6.45) is 6.81. The number of hydrazone groups is 1. The van der Waals surface area contributed by atoms with E-state index in [0.29, 0.717) is 11.4 Å². The number of fused-ring (bicyclic) bond motifs is 1. The maximum Gasteiger partial charge on any atom is 0.287 e. The van der Waals surface area contributed by atoms with Crippen molar-refractivity contribution in [2.45, 2.75) is 57.9 Å². The van der Waals surface area contributed by atoms with E-state index in [1.807, 2.05) is 6.92 Å². The fourth-order valence-corrected chi connectivity index (χ4v) is 4.11. The van der Waals surface area contributed by atoms with Crippen LogP contribution in [0.25, 0.3) is 0 Å². The minimum absolute atomic E-state index is 0.0340. The minimum Gasteiger partial charge on any atom is -0.455 e. The Labute approximate surface area is 168 Å². The molecule has 0 spiro atoms. The lowest BCUT2D eigenvalue weighted by Crippen LogP contribution is -2.32. The molecule has 0 atom stereocenters. The number of rotatable bonds is 5. The Kier molecular flexibility index (Phi) is 5.33. The van der Waals surface area contributed by atoms with Crippen molar-refractivity contribution in [3.8, 4) is 0 Å². The molecule has 0 radical (unpaired) electrons. The zero-order valence-electron chi connectivity index (χ0n) is 16.4.